The average molecular weight is 231 g/mol. The molecule has 0 aromatic carbocycles. The number of aromatic nitrogens is 2. The summed E-state index contributed by atoms with van der Waals surface area (Å²) in [6.45, 7) is 6.95. The van der Waals surface area contributed by atoms with E-state index >= 15 is 0 Å². The summed E-state index contributed by atoms with van der Waals surface area (Å²) in [5.74, 6) is 1.40. The molecule has 2 aromatic heterocycles. The second-order valence-corrected chi connectivity index (χ2v) is 4.34. The van der Waals surface area contributed by atoms with Gasteiger partial charge in [-0.3, -0.25) is 0 Å². The minimum absolute atomic E-state index is 0.443. The predicted octanol–water partition coefficient (Wildman–Crippen LogP) is 2.54. The van der Waals surface area contributed by atoms with Crippen LogP contribution >= 0.6 is 0 Å². The maximum atomic E-state index is 5.39. The van der Waals surface area contributed by atoms with E-state index in [0.717, 1.165) is 23.6 Å². The molecule has 0 bridgehead atoms. The Bertz CT molecular complexity index is 491. The number of furan rings is 1. The van der Waals surface area contributed by atoms with Gasteiger partial charge in [-0.25, -0.2) is 9.97 Å². The van der Waals surface area contributed by atoms with Gasteiger partial charge in [-0.1, -0.05) is 13.8 Å². The standard InChI is InChI=1S/C13H17N3O/c1-9(2)15-8-11-4-6-14-13(16-11)12-10(3)5-7-17-12/h4-7,9,15H,8H2,1-3H3. The molecule has 0 saturated heterocycles. The van der Waals surface area contributed by atoms with Crippen LogP contribution in [0.4, 0.5) is 0 Å². The molecule has 2 rings (SSSR count). The summed E-state index contributed by atoms with van der Waals surface area (Å²) >= 11 is 0. The lowest BCUT2D eigenvalue weighted by atomic mass is 10.2. The number of nitrogens with one attached hydrogen (secondary N) is 1. The van der Waals surface area contributed by atoms with E-state index in [-0.39, 0.29) is 0 Å². The lowest BCUT2D eigenvalue weighted by Crippen LogP contribution is -2.22. The van der Waals surface area contributed by atoms with Gasteiger partial charge in [0, 0.05) is 18.8 Å². The Labute approximate surface area is 101 Å². The molecule has 0 aliphatic rings. The van der Waals surface area contributed by atoms with Crippen LogP contribution in [0.2, 0.25) is 0 Å². The molecule has 0 aliphatic heterocycles. The summed E-state index contributed by atoms with van der Waals surface area (Å²) in [4.78, 5) is 8.72. The number of hydrogen-bond donors (Lipinski definition) is 1. The molecule has 0 radical (unpaired) electrons. The first kappa shape index (κ1) is 11.8. The molecule has 0 aliphatic carbocycles. The second kappa shape index (κ2) is 5.10. The summed E-state index contributed by atoms with van der Waals surface area (Å²) in [5, 5.41) is 3.33. The van der Waals surface area contributed by atoms with E-state index in [1.807, 2.05) is 19.1 Å². The molecule has 17 heavy (non-hydrogen) atoms. The topological polar surface area (TPSA) is 51.0 Å². The average Bonchev–Trinajstić information content (AvgIpc) is 2.73. The molecular formula is C13H17N3O. The van der Waals surface area contributed by atoms with Gasteiger partial charge in [-0.15, -0.1) is 0 Å². The quantitative estimate of drug-likeness (QED) is 0.878. The molecule has 1 N–H and O–H groups in total. The molecule has 2 heterocycles. The Balaban J connectivity index is 2.20. The van der Waals surface area contributed by atoms with E-state index in [4.69, 9.17) is 4.42 Å². The smallest absolute Gasteiger partial charge is 0.196 e. The first-order valence-corrected chi connectivity index (χ1v) is 5.76. The second-order valence-electron chi connectivity index (χ2n) is 4.34. The van der Waals surface area contributed by atoms with E-state index in [1.54, 1.807) is 12.5 Å². The van der Waals surface area contributed by atoms with Crippen LogP contribution in [-0.4, -0.2) is 16.0 Å². The van der Waals surface area contributed by atoms with Gasteiger partial charge in [-0.2, -0.15) is 0 Å². The number of hydrogen-bond acceptors (Lipinski definition) is 4. The molecule has 4 heteroatoms. The van der Waals surface area contributed by atoms with Gasteiger partial charge < -0.3 is 9.73 Å². The van der Waals surface area contributed by atoms with Gasteiger partial charge in [0.2, 0.25) is 0 Å². The van der Waals surface area contributed by atoms with E-state index in [2.05, 4.69) is 29.1 Å². The van der Waals surface area contributed by atoms with Crippen molar-refractivity contribution in [2.45, 2.75) is 33.4 Å². The van der Waals surface area contributed by atoms with Crippen molar-refractivity contribution in [3.8, 4) is 11.6 Å². The van der Waals surface area contributed by atoms with Crippen LogP contribution in [-0.2, 0) is 6.54 Å². The number of aryl methyl sites for hydroxylation is 1. The van der Waals surface area contributed by atoms with Crippen LogP contribution in [0.15, 0.2) is 29.0 Å². The summed E-state index contributed by atoms with van der Waals surface area (Å²) in [7, 11) is 0. The summed E-state index contributed by atoms with van der Waals surface area (Å²) < 4.78 is 5.39. The van der Waals surface area contributed by atoms with Crippen molar-refractivity contribution in [2.75, 3.05) is 0 Å². The minimum atomic E-state index is 0.443. The van der Waals surface area contributed by atoms with Crippen molar-refractivity contribution in [1.82, 2.24) is 15.3 Å². The van der Waals surface area contributed by atoms with E-state index in [0.29, 0.717) is 11.9 Å². The monoisotopic (exact) mass is 231 g/mol. The predicted molar refractivity (Wildman–Crippen MR) is 66.4 cm³/mol. The molecule has 0 fully saturated rings. The fraction of sp³-hybridized carbons (Fsp3) is 0.385. The third-order valence-corrected chi connectivity index (χ3v) is 2.47. The third kappa shape index (κ3) is 2.91. The van der Waals surface area contributed by atoms with E-state index in [1.165, 1.54) is 0 Å². The van der Waals surface area contributed by atoms with Gasteiger partial charge in [0.15, 0.2) is 11.6 Å². The molecule has 0 atom stereocenters. The van der Waals surface area contributed by atoms with Crippen molar-refractivity contribution in [2.24, 2.45) is 0 Å². The molecule has 4 nitrogen and oxygen atoms in total. The number of nitrogens with zero attached hydrogens (tertiary/aromatic N) is 2. The highest BCUT2D eigenvalue weighted by Gasteiger charge is 2.09. The maximum Gasteiger partial charge on any atom is 0.196 e. The highest BCUT2D eigenvalue weighted by Crippen LogP contribution is 2.20. The summed E-state index contributed by atoms with van der Waals surface area (Å²) in [6, 6.07) is 4.27. The van der Waals surface area contributed by atoms with Crippen LogP contribution in [0.3, 0.4) is 0 Å². The first-order chi connectivity index (χ1) is 8.16. The van der Waals surface area contributed by atoms with Gasteiger partial charge in [0.25, 0.3) is 0 Å². The minimum Gasteiger partial charge on any atom is -0.461 e. The van der Waals surface area contributed by atoms with Gasteiger partial charge in [0.05, 0.1) is 12.0 Å². The van der Waals surface area contributed by atoms with Crippen LogP contribution in [0, 0.1) is 6.92 Å². The SMILES string of the molecule is Cc1ccoc1-c1nccc(CNC(C)C)n1. The Kier molecular flexibility index (Phi) is 3.54. The highest BCUT2D eigenvalue weighted by molar-refractivity contribution is 5.51. The zero-order valence-electron chi connectivity index (χ0n) is 10.4. The highest BCUT2D eigenvalue weighted by atomic mass is 16.3. The van der Waals surface area contributed by atoms with Crippen molar-refractivity contribution in [3.05, 3.63) is 35.9 Å². The van der Waals surface area contributed by atoms with Gasteiger partial charge in [-0.05, 0) is 24.6 Å². The van der Waals surface area contributed by atoms with Crippen LogP contribution in [0.25, 0.3) is 11.6 Å². The normalized spacial score (nSPS) is 11.1. The van der Waals surface area contributed by atoms with Crippen molar-refractivity contribution in [1.29, 1.82) is 0 Å². The fourth-order valence-corrected chi connectivity index (χ4v) is 1.51. The van der Waals surface area contributed by atoms with E-state index in [9.17, 15) is 0 Å². The molecule has 0 unspecified atom stereocenters. The van der Waals surface area contributed by atoms with Crippen LogP contribution < -0.4 is 5.32 Å². The fourth-order valence-electron chi connectivity index (χ4n) is 1.51. The molecule has 0 spiro atoms. The Morgan fingerprint density at radius 3 is 2.82 bits per heavy atom. The number of rotatable bonds is 4. The largest absolute Gasteiger partial charge is 0.461 e. The molecule has 0 saturated carbocycles. The zero-order valence-corrected chi connectivity index (χ0v) is 10.4. The van der Waals surface area contributed by atoms with Gasteiger partial charge >= 0.3 is 0 Å². The third-order valence-electron chi connectivity index (χ3n) is 2.47. The molecule has 2 aromatic rings. The maximum absolute atomic E-state index is 5.39. The molecule has 90 valence electrons. The zero-order chi connectivity index (χ0) is 12.3. The Morgan fingerprint density at radius 2 is 2.18 bits per heavy atom. The molecule has 0 amide bonds. The summed E-state index contributed by atoms with van der Waals surface area (Å²) in [6.07, 6.45) is 3.43. The summed E-state index contributed by atoms with van der Waals surface area (Å²) in [5.41, 5.74) is 2.03. The Morgan fingerprint density at radius 1 is 1.35 bits per heavy atom. The van der Waals surface area contributed by atoms with E-state index < -0.39 is 0 Å². The van der Waals surface area contributed by atoms with Crippen LogP contribution in [0.5, 0.6) is 0 Å². The Hall–Kier alpha value is -1.68. The van der Waals surface area contributed by atoms with Crippen molar-refractivity contribution in [3.63, 3.8) is 0 Å². The van der Waals surface area contributed by atoms with Crippen molar-refractivity contribution < 1.29 is 4.42 Å². The van der Waals surface area contributed by atoms with Crippen molar-refractivity contribution >= 4 is 0 Å². The lowest BCUT2D eigenvalue weighted by molar-refractivity contribution is 0.568. The van der Waals surface area contributed by atoms with Crippen LogP contribution in [0.1, 0.15) is 25.1 Å². The molecular weight excluding hydrogens is 214 g/mol. The van der Waals surface area contributed by atoms with Gasteiger partial charge in [0.1, 0.15) is 0 Å². The first-order valence-electron chi connectivity index (χ1n) is 5.76. The lowest BCUT2D eigenvalue weighted by Gasteiger charge is -2.07.